The molecule has 0 bridgehead atoms. The number of benzene rings is 2. The van der Waals surface area contributed by atoms with Crippen molar-refractivity contribution in [2.75, 3.05) is 0 Å². The topological polar surface area (TPSA) is 93.3 Å². The van der Waals surface area contributed by atoms with E-state index in [1.165, 1.54) is 10.6 Å². The van der Waals surface area contributed by atoms with Crippen molar-refractivity contribution in [1.29, 1.82) is 0 Å². The van der Waals surface area contributed by atoms with E-state index in [2.05, 4.69) is 128 Å². The van der Waals surface area contributed by atoms with Crippen LogP contribution < -0.4 is 10.6 Å². The molecule has 3 aromatic heterocycles. The van der Waals surface area contributed by atoms with Crippen molar-refractivity contribution in [3.8, 4) is 0 Å². The van der Waals surface area contributed by atoms with Gasteiger partial charge in [-0.1, -0.05) is 0 Å². The van der Waals surface area contributed by atoms with Gasteiger partial charge in [0.25, 0.3) is 0 Å². The Hall–Kier alpha value is -3.40. The summed E-state index contributed by atoms with van der Waals surface area (Å²) in [5.41, 5.74) is 6.14. The van der Waals surface area contributed by atoms with Crippen LogP contribution in [0.25, 0.3) is 0 Å². The van der Waals surface area contributed by atoms with Gasteiger partial charge in [0.1, 0.15) is 0 Å². The molecule has 11 heteroatoms. The van der Waals surface area contributed by atoms with Crippen LogP contribution in [0.3, 0.4) is 0 Å². The minimum atomic E-state index is -0.226. The van der Waals surface area contributed by atoms with Crippen molar-refractivity contribution in [2.24, 2.45) is 0 Å². The van der Waals surface area contributed by atoms with Crippen molar-refractivity contribution >= 4 is 23.3 Å². The van der Waals surface area contributed by atoms with Gasteiger partial charge in [-0.2, -0.15) is 15.3 Å². The number of hydrogen-bond donors (Lipinski definition) is 0. The summed E-state index contributed by atoms with van der Waals surface area (Å²) in [4.78, 5) is 0. The molecule has 0 unspecified atom stereocenters. The summed E-state index contributed by atoms with van der Waals surface area (Å²) in [5, 5.41) is 16.9. The number of rotatable bonds is 5. The zero-order valence-corrected chi connectivity index (χ0v) is 27.3. The Labute approximate surface area is 247 Å². The van der Waals surface area contributed by atoms with E-state index in [0.29, 0.717) is 0 Å². The van der Waals surface area contributed by atoms with Gasteiger partial charge in [-0.05, 0) is 59.7 Å². The molecular formula is C29H31BN6O2PW+. The van der Waals surface area contributed by atoms with Crippen molar-refractivity contribution in [3.63, 3.8) is 0 Å². The molecule has 0 aliphatic carbocycles. The number of aryl methyl sites for hydroxylation is 6. The SMILES string of the molecule is Cc1cc(C)n(B(n2nc(C)cc2C)n2nc(C)cc2C)n1.[C-]#[O+].[C-]#[O+].[W]=[P+](c1ccccc1)c1ccccc1. The summed E-state index contributed by atoms with van der Waals surface area (Å²) in [6.07, 6.45) is 0. The maximum atomic E-state index is 7.50. The first-order chi connectivity index (χ1) is 19.2. The van der Waals surface area contributed by atoms with Crippen LogP contribution in [-0.2, 0) is 28.1 Å². The van der Waals surface area contributed by atoms with Gasteiger partial charge >= 0.3 is 125 Å². The average molecular weight is 721 g/mol. The van der Waals surface area contributed by atoms with Crippen molar-refractivity contribution in [3.05, 3.63) is 126 Å². The van der Waals surface area contributed by atoms with Crippen LogP contribution >= 0.6 is 5.56 Å². The Balaban J connectivity index is 0.000000268. The van der Waals surface area contributed by atoms with Gasteiger partial charge < -0.3 is 0 Å². The van der Waals surface area contributed by atoms with Gasteiger partial charge in [0.15, 0.2) is 0 Å². The predicted octanol–water partition coefficient (Wildman–Crippen LogP) is 4.56. The summed E-state index contributed by atoms with van der Waals surface area (Å²) in [7, 11) is -0.226. The van der Waals surface area contributed by atoms with Gasteiger partial charge in [-0.3, -0.25) is 13.8 Å². The number of nitrogens with zero attached hydrogens (tertiary/aromatic N) is 6. The summed E-state index contributed by atoms with van der Waals surface area (Å²) in [6.45, 7) is 21.2. The van der Waals surface area contributed by atoms with Crippen molar-refractivity contribution in [2.45, 2.75) is 41.5 Å². The quantitative estimate of drug-likeness (QED) is 0.115. The standard InChI is InChI=1S/C15H21BN6.C12H10P.2CO.W/c1-10-7-13(4)20(17-10)16(21-14(5)8-11(2)18-21)22-15(6)9-12(3)19-22;1-3-7-11(8-4-1)13-12-9-5-2-6-10-12;2*1-2;/h7-9H,1-6H3;1-10H;;;/q;-1;;;+2. The second-order valence-corrected chi connectivity index (χ2v) is 14.5. The second kappa shape index (κ2) is 16.0. The van der Waals surface area contributed by atoms with Crippen LogP contribution in [-0.4, -0.2) is 36.2 Å². The average Bonchev–Trinajstić information content (AvgIpc) is 3.61. The molecule has 0 saturated carbocycles. The van der Waals surface area contributed by atoms with E-state index in [1.54, 1.807) is 18.8 Å². The van der Waals surface area contributed by atoms with Crippen LogP contribution in [0.4, 0.5) is 0 Å². The second-order valence-electron chi connectivity index (χ2n) is 8.93. The van der Waals surface area contributed by atoms with Crippen LogP contribution in [0.5, 0.6) is 0 Å². The number of hydrogen-bond acceptors (Lipinski definition) is 3. The van der Waals surface area contributed by atoms with E-state index in [0.717, 1.165) is 34.2 Å². The Bertz CT molecular complexity index is 1420. The predicted molar refractivity (Wildman–Crippen MR) is 154 cm³/mol. The van der Waals surface area contributed by atoms with Crippen LogP contribution in [0.2, 0.25) is 0 Å². The molecule has 0 aliphatic heterocycles. The van der Waals surface area contributed by atoms with Gasteiger partial charge in [-0.25, -0.2) is 0 Å². The third-order valence-electron chi connectivity index (χ3n) is 5.77. The molecule has 3 heterocycles. The van der Waals surface area contributed by atoms with Gasteiger partial charge in [0.05, 0.1) is 17.1 Å². The first-order valence-corrected chi connectivity index (χ1v) is 17.5. The van der Waals surface area contributed by atoms with Crippen LogP contribution in [0.15, 0.2) is 78.9 Å². The molecule has 5 aromatic rings. The summed E-state index contributed by atoms with van der Waals surface area (Å²) < 4.78 is 20.9. The van der Waals surface area contributed by atoms with E-state index in [1.807, 2.05) is 34.5 Å². The fourth-order valence-corrected chi connectivity index (χ4v) is 8.03. The third-order valence-corrected chi connectivity index (χ3v) is 11.9. The Kier molecular flexibility index (Phi) is 13.1. The summed E-state index contributed by atoms with van der Waals surface area (Å²) in [6, 6.07) is 27.8. The molecule has 5 rings (SSSR count). The number of aromatic nitrogens is 6. The van der Waals surface area contributed by atoms with E-state index in [9.17, 15) is 0 Å². The molecule has 0 atom stereocenters. The first kappa shape index (κ1) is 32.8. The van der Waals surface area contributed by atoms with Crippen LogP contribution in [0.1, 0.15) is 34.2 Å². The molecule has 0 N–H and O–H groups in total. The molecule has 0 spiro atoms. The van der Waals surface area contributed by atoms with Crippen molar-refractivity contribution in [1.82, 2.24) is 29.1 Å². The van der Waals surface area contributed by atoms with Gasteiger partial charge in [0.2, 0.25) is 0 Å². The minimum absolute atomic E-state index is 0.0874. The molecule has 0 fully saturated rings. The van der Waals surface area contributed by atoms with Gasteiger partial charge in [0, 0.05) is 17.1 Å². The molecule has 0 amide bonds. The molecular weight excluding hydrogens is 690 g/mol. The first-order valence-electron chi connectivity index (χ1n) is 12.3. The van der Waals surface area contributed by atoms with E-state index in [-0.39, 0.29) is 12.7 Å². The zero-order valence-electron chi connectivity index (χ0n) is 23.4. The molecule has 0 radical (unpaired) electrons. The molecule has 202 valence electrons. The molecule has 8 nitrogen and oxygen atoms in total. The molecule has 0 aliphatic rings. The van der Waals surface area contributed by atoms with Crippen LogP contribution in [0, 0.1) is 54.8 Å². The van der Waals surface area contributed by atoms with E-state index >= 15 is 0 Å². The Morgan fingerprint density at radius 3 is 1.07 bits per heavy atom. The Morgan fingerprint density at radius 2 is 0.850 bits per heavy atom. The fourth-order valence-electron chi connectivity index (χ4n) is 4.23. The molecule has 40 heavy (non-hydrogen) atoms. The monoisotopic (exact) mass is 721 g/mol. The normalized spacial score (nSPS) is 9.65. The zero-order chi connectivity index (χ0) is 29.8. The molecule has 0 saturated heterocycles. The van der Waals surface area contributed by atoms with E-state index < -0.39 is 0 Å². The summed E-state index contributed by atoms with van der Waals surface area (Å²) >= 11 is 1.66. The van der Waals surface area contributed by atoms with Crippen molar-refractivity contribution < 1.29 is 28.1 Å². The Morgan fingerprint density at radius 1 is 0.575 bits per heavy atom. The maximum absolute atomic E-state index is 7.50. The molecule has 2 aromatic carbocycles. The third kappa shape index (κ3) is 8.30. The fraction of sp³-hybridized carbons (Fsp3) is 0.207. The van der Waals surface area contributed by atoms with E-state index in [4.69, 9.17) is 9.30 Å². The summed E-state index contributed by atoms with van der Waals surface area (Å²) in [5.74, 6) is 0. The van der Waals surface area contributed by atoms with Gasteiger partial charge in [-0.15, -0.1) is 0 Å².